The predicted molar refractivity (Wildman–Crippen MR) is 54.4 cm³/mol. The Labute approximate surface area is 79.0 Å². The van der Waals surface area contributed by atoms with E-state index in [1.807, 2.05) is 12.3 Å². The molecule has 1 aromatic rings. The van der Waals surface area contributed by atoms with Crippen LogP contribution in [0, 0.1) is 0 Å². The van der Waals surface area contributed by atoms with E-state index < -0.39 is 0 Å². The molecule has 0 saturated heterocycles. The predicted octanol–water partition coefficient (Wildman–Crippen LogP) is 2.21. The van der Waals surface area contributed by atoms with Crippen molar-refractivity contribution in [1.82, 2.24) is 10.3 Å². The van der Waals surface area contributed by atoms with Crippen molar-refractivity contribution >= 4 is 0 Å². The van der Waals surface area contributed by atoms with Crippen LogP contribution in [-0.2, 0) is 6.54 Å². The second kappa shape index (κ2) is 4.28. The Bertz CT molecular complexity index is 262. The second-order valence-corrected chi connectivity index (χ2v) is 3.56. The van der Waals surface area contributed by atoms with Crippen LogP contribution in [0.15, 0.2) is 30.5 Å². The van der Waals surface area contributed by atoms with Crippen molar-refractivity contribution in [3.63, 3.8) is 0 Å². The largest absolute Gasteiger partial charge is 0.364 e. The molecule has 1 heterocycles. The molecule has 0 saturated carbocycles. The summed E-state index contributed by atoms with van der Waals surface area (Å²) in [7, 11) is 0. The molecule has 1 aliphatic carbocycles. The van der Waals surface area contributed by atoms with Crippen LogP contribution in [0.3, 0.4) is 0 Å². The van der Waals surface area contributed by atoms with Gasteiger partial charge in [-0.05, 0) is 31.4 Å². The molecule has 1 aliphatic rings. The molecular weight excluding hydrogens is 160 g/mol. The number of H-pyrrole nitrogens is 1. The highest BCUT2D eigenvalue weighted by Crippen LogP contribution is 2.10. The van der Waals surface area contributed by atoms with Gasteiger partial charge in [0, 0.05) is 24.5 Å². The van der Waals surface area contributed by atoms with Crippen molar-refractivity contribution in [3.8, 4) is 0 Å². The maximum Gasteiger partial charge on any atom is 0.0359 e. The fraction of sp³-hybridized carbons (Fsp3) is 0.455. The van der Waals surface area contributed by atoms with Crippen molar-refractivity contribution in [2.75, 3.05) is 0 Å². The summed E-state index contributed by atoms with van der Waals surface area (Å²) in [6.45, 7) is 0.964. The molecular formula is C11H16N2. The zero-order valence-electron chi connectivity index (χ0n) is 7.79. The van der Waals surface area contributed by atoms with Crippen LogP contribution >= 0.6 is 0 Å². The van der Waals surface area contributed by atoms with Gasteiger partial charge in [0.15, 0.2) is 0 Å². The molecule has 70 valence electrons. The summed E-state index contributed by atoms with van der Waals surface area (Å²) < 4.78 is 0. The van der Waals surface area contributed by atoms with Crippen molar-refractivity contribution in [3.05, 3.63) is 36.2 Å². The summed E-state index contributed by atoms with van der Waals surface area (Å²) in [5.41, 5.74) is 1.27. The van der Waals surface area contributed by atoms with Crippen LogP contribution in [-0.4, -0.2) is 11.0 Å². The van der Waals surface area contributed by atoms with Gasteiger partial charge in [-0.3, -0.25) is 0 Å². The van der Waals surface area contributed by atoms with E-state index in [2.05, 4.69) is 28.5 Å². The molecule has 2 N–H and O–H groups in total. The average Bonchev–Trinajstić information content (AvgIpc) is 2.69. The number of nitrogens with one attached hydrogen (secondary N) is 2. The van der Waals surface area contributed by atoms with Gasteiger partial charge in [0.05, 0.1) is 0 Å². The Hall–Kier alpha value is -1.02. The van der Waals surface area contributed by atoms with Gasteiger partial charge in [-0.25, -0.2) is 0 Å². The van der Waals surface area contributed by atoms with Crippen LogP contribution in [0.4, 0.5) is 0 Å². The van der Waals surface area contributed by atoms with Crippen molar-refractivity contribution < 1.29 is 0 Å². The maximum atomic E-state index is 3.54. The molecule has 0 spiro atoms. The molecule has 0 radical (unpaired) electrons. The fourth-order valence-corrected chi connectivity index (χ4v) is 1.71. The summed E-state index contributed by atoms with van der Waals surface area (Å²) in [6, 6.07) is 4.83. The Balaban J connectivity index is 1.76. The van der Waals surface area contributed by atoms with Crippen molar-refractivity contribution in [2.24, 2.45) is 0 Å². The normalized spacial score (nSPS) is 22.0. The van der Waals surface area contributed by atoms with E-state index >= 15 is 0 Å². The summed E-state index contributed by atoms with van der Waals surface area (Å²) in [5, 5.41) is 3.54. The highest BCUT2D eigenvalue weighted by atomic mass is 14.9. The molecule has 1 aromatic heterocycles. The third kappa shape index (κ3) is 2.46. The van der Waals surface area contributed by atoms with Gasteiger partial charge in [0.25, 0.3) is 0 Å². The Morgan fingerprint density at radius 2 is 2.46 bits per heavy atom. The number of aromatic amines is 1. The molecule has 2 rings (SSSR count). The van der Waals surface area contributed by atoms with Gasteiger partial charge in [0.2, 0.25) is 0 Å². The van der Waals surface area contributed by atoms with E-state index in [1.54, 1.807) is 0 Å². The molecule has 13 heavy (non-hydrogen) atoms. The molecule has 0 aliphatic heterocycles. The first kappa shape index (κ1) is 8.57. The lowest BCUT2D eigenvalue weighted by atomic mass is 10.0. The van der Waals surface area contributed by atoms with E-state index in [0.29, 0.717) is 6.04 Å². The Kier molecular flexibility index (Phi) is 2.82. The minimum absolute atomic E-state index is 0.674. The van der Waals surface area contributed by atoms with Crippen molar-refractivity contribution in [2.45, 2.75) is 31.8 Å². The van der Waals surface area contributed by atoms with Gasteiger partial charge in [0.1, 0.15) is 0 Å². The second-order valence-electron chi connectivity index (χ2n) is 3.56. The van der Waals surface area contributed by atoms with E-state index in [-0.39, 0.29) is 0 Å². The zero-order valence-corrected chi connectivity index (χ0v) is 7.79. The van der Waals surface area contributed by atoms with E-state index in [0.717, 1.165) is 6.54 Å². The van der Waals surface area contributed by atoms with Crippen LogP contribution in [0.2, 0.25) is 0 Å². The highest BCUT2D eigenvalue weighted by molar-refractivity contribution is 5.03. The lowest BCUT2D eigenvalue weighted by Gasteiger charge is -2.18. The molecule has 1 atom stereocenters. The van der Waals surface area contributed by atoms with Gasteiger partial charge in [-0.1, -0.05) is 12.2 Å². The first-order valence-electron chi connectivity index (χ1n) is 4.96. The smallest absolute Gasteiger partial charge is 0.0359 e. The monoisotopic (exact) mass is 176 g/mol. The summed E-state index contributed by atoms with van der Waals surface area (Å²) >= 11 is 0. The number of allylic oxidation sites excluding steroid dienone is 1. The van der Waals surface area contributed by atoms with Crippen molar-refractivity contribution in [1.29, 1.82) is 0 Å². The topological polar surface area (TPSA) is 27.8 Å². The van der Waals surface area contributed by atoms with Crippen LogP contribution in [0.1, 0.15) is 25.0 Å². The van der Waals surface area contributed by atoms with Gasteiger partial charge in [-0.15, -0.1) is 0 Å². The number of aromatic nitrogens is 1. The van der Waals surface area contributed by atoms with Crippen LogP contribution in [0.5, 0.6) is 0 Å². The molecule has 2 heteroatoms. The number of rotatable bonds is 3. The van der Waals surface area contributed by atoms with E-state index in [9.17, 15) is 0 Å². The number of hydrogen-bond donors (Lipinski definition) is 2. The van der Waals surface area contributed by atoms with Gasteiger partial charge in [-0.2, -0.15) is 0 Å². The molecule has 2 nitrogen and oxygen atoms in total. The minimum atomic E-state index is 0.674. The molecule has 0 bridgehead atoms. The number of hydrogen-bond acceptors (Lipinski definition) is 1. The lowest BCUT2D eigenvalue weighted by molar-refractivity contribution is 0.471. The standard InChI is InChI=1S/C11H16N2/c1-2-5-10(6-3-1)13-9-11-7-4-8-12-11/h1-2,4,7-8,10,12-13H,3,5-6,9H2. The third-order valence-electron chi connectivity index (χ3n) is 2.51. The van der Waals surface area contributed by atoms with Crippen LogP contribution < -0.4 is 5.32 Å². The van der Waals surface area contributed by atoms with E-state index in [1.165, 1.54) is 25.0 Å². The zero-order chi connectivity index (χ0) is 8.93. The SMILES string of the molecule is C1=CCC(NCc2ccc[nH]2)CC1. The summed E-state index contributed by atoms with van der Waals surface area (Å²) in [5.74, 6) is 0. The lowest BCUT2D eigenvalue weighted by Crippen LogP contribution is -2.29. The first-order valence-corrected chi connectivity index (χ1v) is 4.96. The molecule has 0 amide bonds. The van der Waals surface area contributed by atoms with Crippen LogP contribution in [0.25, 0.3) is 0 Å². The quantitative estimate of drug-likeness (QED) is 0.679. The third-order valence-corrected chi connectivity index (χ3v) is 2.51. The Morgan fingerprint density at radius 1 is 1.46 bits per heavy atom. The van der Waals surface area contributed by atoms with Gasteiger partial charge < -0.3 is 10.3 Å². The first-order chi connectivity index (χ1) is 6.45. The van der Waals surface area contributed by atoms with E-state index in [4.69, 9.17) is 0 Å². The van der Waals surface area contributed by atoms with Gasteiger partial charge >= 0.3 is 0 Å². The fourth-order valence-electron chi connectivity index (χ4n) is 1.71. The average molecular weight is 176 g/mol. The highest BCUT2D eigenvalue weighted by Gasteiger charge is 2.08. The minimum Gasteiger partial charge on any atom is -0.364 e. The summed E-state index contributed by atoms with van der Waals surface area (Å²) in [4.78, 5) is 3.20. The molecule has 1 unspecified atom stereocenters. The Morgan fingerprint density at radius 3 is 3.15 bits per heavy atom. The molecule has 0 fully saturated rings. The maximum absolute atomic E-state index is 3.54. The summed E-state index contributed by atoms with van der Waals surface area (Å²) in [6.07, 6.45) is 10.2. The molecule has 0 aromatic carbocycles.